The predicted molar refractivity (Wildman–Crippen MR) is 134 cm³/mol. The van der Waals surface area contributed by atoms with Gasteiger partial charge in [0.2, 0.25) is 11.8 Å². The maximum Gasteiger partial charge on any atom is 0.269 e. The molecule has 2 aromatic rings. The van der Waals surface area contributed by atoms with Gasteiger partial charge in [0.05, 0.1) is 5.56 Å². The molecule has 0 aromatic heterocycles. The molecule has 1 N–H and O–H groups in total. The summed E-state index contributed by atoms with van der Waals surface area (Å²) in [5.41, 5.74) is 0.940. The number of nitrogens with one attached hydrogen (secondary N) is 1. The normalized spacial score (nSPS) is 17.8. The minimum atomic E-state index is -4.00. The van der Waals surface area contributed by atoms with Crippen LogP contribution in [0.2, 0.25) is 0 Å². The van der Waals surface area contributed by atoms with Gasteiger partial charge in [0.25, 0.3) is 15.9 Å². The van der Waals surface area contributed by atoms with Gasteiger partial charge in [-0.2, -0.15) is 0 Å². The van der Waals surface area contributed by atoms with Crippen molar-refractivity contribution < 1.29 is 22.8 Å². The quantitative estimate of drug-likeness (QED) is 0.531. The van der Waals surface area contributed by atoms with Crippen molar-refractivity contribution in [3.8, 4) is 0 Å². The van der Waals surface area contributed by atoms with Crippen LogP contribution in [0.4, 0.5) is 0 Å². The standard InChI is InChI=1S/C25H28BrN3O5S/c1-17(24(31)27-20-6-2-3-7-20)28(16-18-10-12-19(26)13-11-18)23(30)14-15-29-25(32)21-8-4-5-9-22(21)35(29,33)34/h4-5,8-13,17,20H,2-3,6-7,14-16H2,1H3,(H,27,31)/t17-/m1/s1. The topological polar surface area (TPSA) is 104 Å². The molecule has 0 unspecified atom stereocenters. The Morgan fingerprint density at radius 3 is 2.43 bits per heavy atom. The van der Waals surface area contributed by atoms with E-state index in [4.69, 9.17) is 0 Å². The van der Waals surface area contributed by atoms with E-state index in [2.05, 4.69) is 21.2 Å². The minimum absolute atomic E-state index is 0.0477. The molecule has 1 heterocycles. The summed E-state index contributed by atoms with van der Waals surface area (Å²) in [6.45, 7) is 1.57. The van der Waals surface area contributed by atoms with E-state index >= 15 is 0 Å². The van der Waals surface area contributed by atoms with Gasteiger partial charge < -0.3 is 10.2 Å². The lowest BCUT2D eigenvalue weighted by Crippen LogP contribution is -2.50. The third kappa shape index (κ3) is 5.43. The summed E-state index contributed by atoms with van der Waals surface area (Å²) < 4.78 is 27.3. The first-order chi connectivity index (χ1) is 16.7. The summed E-state index contributed by atoms with van der Waals surface area (Å²) in [7, 11) is -4.00. The molecule has 2 aromatic carbocycles. The highest BCUT2D eigenvalue weighted by Gasteiger charge is 2.41. The van der Waals surface area contributed by atoms with Crippen molar-refractivity contribution in [2.24, 2.45) is 0 Å². The molecule has 1 fully saturated rings. The molecule has 1 saturated carbocycles. The van der Waals surface area contributed by atoms with Gasteiger partial charge in [-0.25, -0.2) is 12.7 Å². The van der Waals surface area contributed by atoms with E-state index in [-0.39, 0.29) is 41.9 Å². The van der Waals surface area contributed by atoms with Crippen molar-refractivity contribution in [3.63, 3.8) is 0 Å². The molecule has 1 aliphatic carbocycles. The zero-order valence-corrected chi connectivity index (χ0v) is 21.8. The van der Waals surface area contributed by atoms with Crippen LogP contribution in [0.3, 0.4) is 0 Å². The fourth-order valence-electron chi connectivity index (χ4n) is 4.55. The highest BCUT2D eigenvalue weighted by Crippen LogP contribution is 2.30. The van der Waals surface area contributed by atoms with Gasteiger partial charge in [0.15, 0.2) is 0 Å². The van der Waals surface area contributed by atoms with Crippen LogP contribution < -0.4 is 5.32 Å². The van der Waals surface area contributed by atoms with Crippen LogP contribution in [-0.2, 0) is 26.2 Å². The van der Waals surface area contributed by atoms with Crippen LogP contribution in [-0.4, -0.2) is 54.0 Å². The zero-order valence-electron chi connectivity index (χ0n) is 19.4. The van der Waals surface area contributed by atoms with Gasteiger partial charge in [0, 0.05) is 30.0 Å². The van der Waals surface area contributed by atoms with E-state index < -0.39 is 27.9 Å². The second-order valence-electron chi connectivity index (χ2n) is 8.94. The van der Waals surface area contributed by atoms with Gasteiger partial charge in [-0.15, -0.1) is 0 Å². The second-order valence-corrected chi connectivity index (χ2v) is 11.7. The minimum Gasteiger partial charge on any atom is -0.352 e. The first-order valence-electron chi connectivity index (χ1n) is 11.7. The highest BCUT2D eigenvalue weighted by atomic mass is 79.9. The van der Waals surface area contributed by atoms with E-state index in [0.29, 0.717) is 0 Å². The maximum atomic E-state index is 13.3. The second kappa shape index (κ2) is 10.5. The third-order valence-corrected chi connectivity index (χ3v) is 8.94. The van der Waals surface area contributed by atoms with Gasteiger partial charge in [0.1, 0.15) is 10.9 Å². The lowest BCUT2D eigenvalue weighted by atomic mass is 10.1. The van der Waals surface area contributed by atoms with Crippen molar-refractivity contribution >= 4 is 43.7 Å². The number of fused-ring (bicyclic) bond motifs is 1. The number of benzene rings is 2. The van der Waals surface area contributed by atoms with Crippen molar-refractivity contribution in [1.82, 2.24) is 14.5 Å². The molecule has 1 atom stereocenters. The molecule has 0 radical (unpaired) electrons. The maximum absolute atomic E-state index is 13.3. The van der Waals surface area contributed by atoms with Gasteiger partial charge in [-0.3, -0.25) is 14.4 Å². The van der Waals surface area contributed by atoms with Crippen LogP contribution in [0.5, 0.6) is 0 Å². The molecule has 10 heteroatoms. The molecule has 8 nitrogen and oxygen atoms in total. The monoisotopic (exact) mass is 561 g/mol. The summed E-state index contributed by atoms with van der Waals surface area (Å²) in [6.07, 6.45) is 3.77. The number of hydrogen-bond acceptors (Lipinski definition) is 5. The molecule has 0 spiro atoms. The number of rotatable bonds is 8. The van der Waals surface area contributed by atoms with Crippen molar-refractivity contribution in [1.29, 1.82) is 0 Å². The van der Waals surface area contributed by atoms with Crippen LogP contribution in [0.1, 0.15) is 54.9 Å². The van der Waals surface area contributed by atoms with Crippen molar-refractivity contribution in [2.75, 3.05) is 6.54 Å². The number of nitrogens with zero attached hydrogens (tertiary/aromatic N) is 2. The molecule has 186 valence electrons. The lowest BCUT2D eigenvalue weighted by molar-refractivity contribution is -0.140. The summed E-state index contributed by atoms with van der Waals surface area (Å²) in [6, 6.07) is 12.8. The number of amides is 3. The van der Waals surface area contributed by atoms with Crippen LogP contribution in [0.15, 0.2) is 57.9 Å². The Bertz CT molecular complexity index is 1230. The van der Waals surface area contributed by atoms with Gasteiger partial charge >= 0.3 is 0 Å². The molecule has 2 aliphatic rings. The summed E-state index contributed by atoms with van der Waals surface area (Å²) in [5, 5.41) is 3.04. The fraction of sp³-hybridized carbons (Fsp3) is 0.400. The Balaban J connectivity index is 1.50. The van der Waals surface area contributed by atoms with E-state index in [1.54, 1.807) is 19.1 Å². The summed E-state index contributed by atoms with van der Waals surface area (Å²) >= 11 is 3.39. The number of hydrogen-bond donors (Lipinski definition) is 1. The molecule has 35 heavy (non-hydrogen) atoms. The van der Waals surface area contributed by atoms with Gasteiger partial charge in [-0.05, 0) is 49.6 Å². The number of halogens is 1. The van der Waals surface area contributed by atoms with Crippen molar-refractivity contribution in [3.05, 3.63) is 64.1 Å². The van der Waals surface area contributed by atoms with E-state index in [9.17, 15) is 22.8 Å². The highest BCUT2D eigenvalue weighted by molar-refractivity contribution is 9.10. The van der Waals surface area contributed by atoms with Gasteiger partial charge in [-0.1, -0.05) is 53.0 Å². The third-order valence-electron chi connectivity index (χ3n) is 6.58. The van der Waals surface area contributed by atoms with Crippen LogP contribution in [0.25, 0.3) is 0 Å². The number of carbonyl (C=O) groups is 3. The first kappa shape index (κ1) is 25.4. The molecular weight excluding hydrogens is 534 g/mol. The van der Waals surface area contributed by atoms with E-state index in [1.807, 2.05) is 24.3 Å². The Hall–Kier alpha value is -2.72. The molecule has 4 rings (SSSR count). The van der Waals surface area contributed by atoms with Crippen molar-refractivity contribution in [2.45, 2.75) is 62.6 Å². The largest absolute Gasteiger partial charge is 0.352 e. The van der Waals surface area contributed by atoms with Crippen LogP contribution >= 0.6 is 15.9 Å². The Kier molecular flexibility index (Phi) is 7.61. The number of sulfonamides is 1. The SMILES string of the molecule is C[C@H](C(=O)NC1CCCC1)N(Cc1ccc(Br)cc1)C(=O)CCN1C(=O)c2ccccc2S1(=O)=O. The lowest BCUT2D eigenvalue weighted by Gasteiger charge is -2.30. The molecule has 3 amide bonds. The number of carbonyl (C=O) groups excluding carboxylic acids is 3. The summed E-state index contributed by atoms with van der Waals surface area (Å²) in [4.78, 5) is 40.4. The average Bonchev–Trinajstić information content (AvgIpc) is 3.42. The predicted octanol–water partition coefficient (Wildman–Crippen LogP) is 3.46. The Labute approximate surface area is 213 Å². The van der Waals surface area contributed by atoms with E-state index in [0.717, 1.165) is 40.0 Å². The van der Waals surface area contributed by atoms with E-state index in [1.165, 1.54) is 17.0 Å². The first-order valence-corrected chi connectivity index (χ1v) is 13.9. The Morgan fingerprint density at radius 2 is 1.77 bits per heavy atom. The molecule has 0 saturated heterocycles. The smallest absolute Gasteiger partial charge is 0.269 e. The fourth-order valence-corrected chi connectivity index (χ4v) is 6.39. The molecular formula is C25H28BrN3O5S. The molecule has 0 bridgehead atoms. The van der Waals surface area contributed by atoms with Crippen LogP contribution in [0, 0.1) is 0 Å². The summed E-state index contributed by atoms with van der Waals surface area (Å²) in [5.74, 6) is -1.28. The Morgan fingerprint density at radius 1 is 1.11 bits per heavy atom. The molecule has 1 aliphatic heterocycles. The zero-order chi connectivity index (χ0) is 25.2. The average molecular weight is 562 g/mol.